The third kappa shape index (κ3) is 6.76. The molecule has 1 aromatic carbocycles. The van der Waals surface area contributed by atoms with Gasteiger partial charge in [-0.2, -0.15) is 0 Å². The molecular formula is C18H25N3O5S. The molecule has 0 bridgehead atoms. The highest BCUT2D eigenvalue weighted by atomic mass is 32.2. The van der Waals surface area contributed by atoms with Gasteiger partial charge in [0.1, 0.15) is 0 Å². The zero-order valence-corrected chi connectivity index (χ0v) is 16.3. The van der Waals surface area contributed by atoms with E-state index in [9.17, 15) is 22.8 Å². The molecule has 3 amide bonds. The van der Waals surface area contributed by atoms with Crippen LogP contribution in [0.15, 0.2) is 24.3 Å². The van der Waals surface area contributed by atoms with Crippen LogP contribution in [0.25, 0.3) is 0 Å². The largest absolute Gasteiger partial charge is 0.326 e. The summed E-state index contributed by atoms with van der Waals surface area (Å²) < 4.78 is 26.7. The lowest BCUT2D eigenvalue weighted by Crippen LogP contribution is -2.32. The molecule has 1 heterocycles. The Morgan fingerprint density at radius 2 is 1.85 bits per heavy atom. The Bertz CT molecular complexity index is 804. The number of amides is 3. The lowest BCUT2D eigenvalue weighted by molar-refractivity contribution is -0.138. The van der Waals surface area contributed by atoms with Crippen molar-refractivity contribution >= 4 is 33.4 Å². The van der Waals surface area contributed by atoms with Crippen LogP contribution in [0.5, 0.6) is 0 Å². The molecule has 27 heavy (non-hydrogen) atoms. The zero-order chi connectivity index (χ0) is 20.0. The van der Waals surface area contributed by atoms with Crippen LogP contribution in [0, 0.1) is 5.92 Å². The van der Waals surface area contributed by atoms with Crippen molar-refractivity contribution in [3.8, 4) is 0 Å². The Morgan fingerprint density at radius 1 is 1.19 bits per heavy atom. The number of benzene rings is 1. The number of hydrogen-bond donors (Lipinski definition) is 2. The third-order valence-corrected chi connectivity index (χ3v) is 5.32. The normalized spacial score (nSPS) is 14.9. The van der Waals surface area contributed by atoms with Crippen LogP contribution in [0.2, 0.25) is 0 Å². The Balaban J connectivity index is 1.90. The Hall–Kier alpha value is -2.26. The quantitative estimate of drug-likeness (QED) is 0.611. The van der Waals surface area contributed by atoms with Crippen molar-refractivity contribution in [1.82, 2.24) is 9.62 Å². The minimum Gasteiger partial charge on any atom is -0.326 e. The molecule has 1 saturated heterocycles. The Labute approximate surface area is 159 Å². The summed E-state index contributed by atoms with van der Waals surface area (Å²) in [6.07, 6.45) is 0.388. The molecule has 0 aliphatic carbocycles. The molecular weight excluding hydrogens is 370 g/mol. The molecule has 0 atom stereocenters. The highest BCUT2D eigenvalue weighted by Crippen LogP contribution is 2.15. The van der Waals surface area contributed by atoms with Crippen molar-refractivity contribution in [3.63, 3.8) is 0 Å². The average Bonchev–Trinajstić information content (AvgIpc) is 2.89. The van der Waals surface area contributed by atoms with Crippen LogP contribution >= 0.6 is 0 Å². The molecule has 2 rings (SSSR count). The van der Waals surface area contributed by atoms with Gasteiger partial charge < -0.3 is 5.32 Å². The second-order valence-corrected chi connectivity index (χ2v) is 8.75. The van der Waals surface area contributed by atoms with Crippen LogP contribution in [-0.2, 0) is 30.2 Å². The molecule has 148 valence electrons. The van der Waals surface area contributed by atoms with E-state index in [1.54, 1.807) is 24.3 Å². The number of hydrogen-bond acceptors (Lipinski definition) is 5. The lowest BCUT2D eigenvalue weighted by Gasteiger charge is -2.13. The van der Waals surface area contributed by atoms with E-state index >= 15 is 0 Å². The predicted molar refractivity (Wildman–Crippen MR) is 101 cm³/mol. The van der Waals surface area contributed by atoms with Crippen LogP contribution in [0.4, 0.5) is 5.69 Å². The topological polar surface area (TPSA) is 113 Å². The van der Waals surface area contributed by atoms with E-state index in [4.69, 9.17) is 0 Å². The summed E-state index contributed by atoms with van der Waals surface area (Å²) in [5.74, 6) is -0.830. The highest BCUT2D eigenvalue weighted by Gasteiger charge is 2.28. The summed E-state index contributed by atoms with van der Waals surface area (Å²) in [5, 5.41) is 2.67. The smallest absolute Gasteiger partial charge is 0.229 e. The van der Waals surface area contributed by atoms with Crippen LogP contribution < -0.4 is 10.0 Å². The van der Waals surface area contributed by atoms with Crippen LogP contribution in [0.3, 0.4) is 0 Å². The number of likely N-dealkylation sites (tertiary alicyclic amines) is 1. The van der Waals surface area contributed by atoms with Crippen molar-refractivity contribution in [2.24, 2.45) is 5.92 Å². The SMILES string of the molecule is CC(C)CNS(=O)(=O)Cc1cccc(NC(=O)CCN2C(=O)CCC2=O)c1. The highest BCUT2D eigenvalue weighted by molar-refractivity contribution is 7.88. The molecule has 1 fully saturated rings. The summed E-state index contributed by atoms with van der Waals surface area (Å²) in [7, 11) is -3.45. The lowest BCUT2D eigenvalue weighted by atomic mass is 10.2. The van der Waals surface area contributed by atoms with E-state index in [2.05, 4.69) is 10.0 Å². The maximum absolute atomic E-state index is 12.1. The maximum atomic E-state index is 12.1. The van der Waals surface area contributed by atoms with E-state index in [0.29, 0.717) is 17.8 Å². The van der Waals surface area contributed by atoms with Gasteiger partial charge in [0.05, 0.1) is 5.75 Å². The molecule has 0 saturated carbocycles. The number of carbonyl (C=O) groups excluding carboxylic acids is 3. The van der Waals surface area contributed by atoms with Gasteiger partial charge in [0, 0.05) is 38.0 Å². The third-order valence-electron chi connectivity index (χ3n) is 4.00. The first kappa shape index (κ1) is 21.0. The first-order chi connectivity index (χ1) is 12.7. The van der Waals surface area contributed by atoms with E-state index in [1.807, 2.05) is 13.8 Å². The fourth-order valence-electron chi connectivity index (χ4n) is 2.61. The second-order valence-electron chi connectivity index (χ2n) is 6.94. The number of imide groups is 1. The zero-order valence-electron chi connectivity index (χ0n) is 15.5. The van der Waals surface area contributed by atoms with Gasteiger partial charge in [-0.05, 0) is 23.6 Å². The number of sulfonamides is 1. The van der Waals surface area contributed by atoms with Crippen LogP contribution in [0.1, 0.15) is 38.7 Å². The Kier molecular flexibility index (Phi) is 7.09. The minimum atomic E-state index is -3.45. The minimum absolute atomic E-state index is 0.00402. The average molecular weight is 395 g/mol. The molecule has 0 unspecified atom stereocenters. The van der Waals surface area contributed by atoms with Crippen LogP contribution in [-0.4, -0.2) is 44.1 Å². The molecule has 0 aromatic heterocycles. The summed E-state index contributed by atoms with van der Waals surface area (Å²) in [5.41, 5.74) is 1.02. The van der Waals surface area contributed by atoms with Gasteiger partial charge in [0.25, 0.3) is 0 Å². The predicted octanol–water partition coefficient (Wildman–Crippen LogP) is 1.24. The number of rotatable bonds is 9. The van der Waals surface area contributed by atoms with Gasteiger partial charge >= 0.3 is 0 Å². The summed E-state index contributed by atoms with van der Waals surface area (Å²) >= 11 is 0. The van der Waals surface area contributed by atoms with Crippen molar-refractivity contribution < 1.29 is 22.8 Å². The van der Waals surface area contributed by atoms with Crippen molar-refractivity contribution in [3.05, 3.63) is 29.8 Å². The summed E-state index contributed by atoms with van der Waals surface area (Å²) in [6.45, 7) is 4.26. The number of nitrogens with one attached hydrogen (secondary N) is 2. The van der Waals surface area contributed by atoms with E-state index in [-0.39, 0.29) is 55.2 Å². The fourth-order valence-corrected chi connectivity index (χ4v) is 3.92. The summed E-state index contributed by atoms with van der Waals surface area (Å²) in [6, 6.07) is 6.59. The van der Waals surface area contributed by atoms with Crippen molar-refractivity contribution in [2.75, 3.05) is 18.4 Å². The van der Waals surface area contributed by atoms with Gasteiger partial charge in [0.15, 0.2) is 0 Å². The van der Waals surface area contributed by atoms with Gasteiger partial charge in [-0.3, -0.25) is 19.3 Å². The monoisotopic (exact) mass is 395 g/mol. The number of nitrogens with zero attached hydrogens (tertiary/aromatic N) is 1. The molecule has 0 radical (unpaired) electrons. The molecule has 8 nitrogen and oxygen atoms in total. The van der Waals surface area contributed by atoms with E-state index < -0.39 is 10.0 Å². The summed E-state index contributed by atoms with van der Waals surface area (Å²) in [4.78, 5) is 36.2. The van der Waals surface area contributed by atoms with E-state index in [1.165, 1.54) is 0 Å². The van der Waals surface area contributed by atoms with Crippen molar-refractivity contribution in [2.45, 2.75) is 38.9 Å². The molecule has 1 aliphatic heterocycles. The fraction of sp³-hybridized carbons (Fsp3) is 0.500. The number of carbonyl (C=O) groups is 3. The first-order valence-corrected chi connectivity index (χ1v) is 10.5. The van der Waals surface area contributed by atoms with Gasteiger partial charge in [-0.15, -0.1) is 0 Å². The van der Waals surface area contributed by atoms with Crippen molar-refractivity contribution in [1.29, 1.82) is 0 Å². The molecule has 0 spiro atoms. The van der Waals surface area contributed by atoms with Gasteiger partial charge in [0.2, 0.25) is 27.7 Å². The standard InChI is InChI=1S/C18H25N3O5S/c1-13(2)11-19-27(25,26)12-14-4-3-5-15(10-14)20-16(22)8-9-21-17(23)6-7-18(21)24/h3-5,10,13,19H,6-9,11-12H2,1-2H3,(H,20,22). The first-order valence-electron chi connectivity index (χ1n) is 8.85. The van der Waals surface area contributed by atoms with Gasteiger partial charge in [-0.25, -0.2) is 13.1 Å². The second kappa shape index (κ2) is 9.09. The molecule has 2 N–H and O–H groups in total. The molecule has 1 aliphatic rings. The molecule has 1 aromatic rings. The number of anilines is 1. The molecule has 9 heteroatoms. The maximum Gasteiger partial charge on any atom is 0.229 e. The van der Waals surface area contributed by atoms with Gasteiger partial charge in [-0.1, -0.05) is 26.0 Å². The Morgan fingerprint density at radius 3 is 2.48 bits per heavy atom. The van der Waals surface area contributed by atoms with E-state index in [0.717, 1.165) is 4.90 Å².